The zero-order valence-electron chi connectivity index (χ0n) is 12.0. The van der Waals surface area contributed by atoms with Gasteiger partial charge in [-0.3, -0.25) is 0 Å². The summed E-state index contributed by atoms with van der Waals surface area (Å²) in [7, 11) is 0. The van der Waals surface area contributed by atoms with Crippen molar-refractivity contribution in [2.75, 3.05) is 0 Å². The molecule has 2 atom stereocenters. The molecule has 0 aliphatic carbocycles. The van der Waals surface area contributed by atoms with Gasteiger partial charge in [0.15, 0.2) is 0 Å². The fourth-order valence-corrected chi connectivity index (χ4v) is 4.04. The van der Waals surface area contributed by atoms with E-state index in [0.29, 0.717) is 0 Å². The Morgan fingerprint density at radius 2 is 1.71 bits per heavy atom. The Bertz CT molecular complexity index is 720. The van der Waals surface area contributed by atoms with E-state index in [4.69, 9.17) is 4.98 Å². The molecule has 0 fully saturated rings. The van der Waals surface area contributed by atoms with Gasteiger partial charge >= 0.3 is 0 Å². The van der Waals surface area contributed by atoms with E-state index in [1.165, 1.54) is 10.3 Å². The van der Waals surface area contributed by atoms with Crippen molar-refractivity contribution in [1.29, 1.82) is 0 Å². The minimum Gasteiger partial charge on any atom is -0.301 e. The molecular weight excluding hydrogens is 344 g/mol. The zero-order chi connectivity index (χ0) is 14.8. The summed E-state index contributed by atoms with van der Waals surface area (Å²) in [5, 5.41) is 4.77. The van der Waals surface area contributed by atoms with Crippen molar-refractivity contribution in [2.24, 2.45) is 0 Å². The van der Waals surface area contributed by atoms with E-state index in [0.717, 1.165) is 15.0 Å². The van der Waals surface area contributed by atoms with Crippen LogP contribution in [-0.2, 0) is 0 Å². The minimum atomic E-state index is 0.226. The van der Waals surface area contributed by atoms with Gasteiger partial charge in [0.05, 0.1) is 16.3 Å². The molecule has 1 unspecified atom stereocenters. The summed E-state index contributed by atoms with van der Waals surface area (Å²) in [5.41, 5.74) is 2.35. The van der Waals surface area contributed by atoms with Gasteiger partial charge in [0.25, 0.3) is 0 Å². The van der Waals surface area contributed by atoms with Gasteiger partial charge in [-0.25, -0.2) is 4.98 Å². The molecule has 3 rings (SSSR count). The van der Waals surface area contributed by atoms with Gasteiger partial charge in [0, 0.05) is 10.5 Å². The Morgan fingerprint density at radius 1 is 1.00 bits per heavy atom. The lowest BCUT2D eigenvalue weighted by atomic mass is 10.1. The monoisotopic (exact) mass is 360 g/mol. The summed E-state index contributed by atoms with van der Waals surface area (Å²) in [6.45, 7) is 4.36. The molecule has 0 aliphatic rings. The van der Waals surface area contributed by atoms with Gasteiger partial charge in [-0.1, -0.05) is 46.3 Å². The van der Waals surface area contributed by atoms with E-state index in [1.54, 1.807) is 11.3 Å². The van der Waals surface area contributed by atoms with E-state index >= 15 is 0 Å². The third-order valence-electron chi connectivity index (χ3n) is 3.55. The highest BCUT2D eigenvalue weighted by molar-refractivity contribution is 9.10. The number of benzene rings is 2. The van der Waals surface area contributed by atoms with Crippen molar-refractivity contribution in [3.8, 4) is 0 Å². The third-order valence-corrected chi connectivity index (χ3v) is 5.49. The second-order valence-electron chi connectivity index (χ2n) is 5.15. The molecule has 0 bridgehead atoms. The first-order valence-corrected chi connectivity index (χ1v) is 8.62. The molecule has 2 nitrogen and oxygen atoms in total. The van der Waals surface area contributed by atoms with Crippen molar-refractivity contribution in [2.45, 2.75) is 25.9 Å². The van der Waals surface area contributed by atoms with E-state index in [1.807, 2.05) is 12.1 Å². The molecule has 0 aliphatic heterocycles. The maximum Gasteiger partial charge on any atom is 0.111 e. The topological polar surface area (TPSA) is 24.9 Å². The minimum absolute atomic E-state index is 0.226. The van der Waals surface area contributed by atoms with Crippen LogP contribution in [0.25, 0.3) is 10.2 Å². The fraction of sp³-hybridized carbons (Fsp3) is 0.235. The number of para-hydroxylation sites is 1. The summed E-state index contributed by atoms with van der Waals surface area (Å²) in [4.78, 5) is 4.73. The maximum absolute atomic E-state index is 4.73. The quantitative estimate of drug-likeness (QED) is 0.666. The SMILES string of the molecule is CC(N[C@@H](C)c1ccccc1Br)c1nc2ccccc2s1. The molecule has 108 valence electrons. The maximum atomic E-state index is 4.73. The van der Waals surface area contributed by atoms with Crippen LogP contribution in [0.15, 0.2) is 53.0 Å². The Hall–Kier alpha value is -1.23. The molecular formula is C17H17BrN2S. The standard InChI is InChI=1S/C17H17BrN2S/c1-11(13-7-3-4-8-14(13)18)19-12(2)17-20-15-9-5-6-10-16(15)21-17/h3-12,19H,1-2H3/t11-,12?/m0/s1. The van der Waals surface area contributed by atoms with Crippen molar-refractivity contribution < 1.29 is 0 Å². The molecule has 21 heavy (non-hydrogen) atoms. The molecule has 1 aromatic heterocycles. The number of aromatic nitrogens is 1. The van der Waals surface area contributed by atoms with Gasteiger partial charge in [-0.05, 0) is 37.6 Å². The lowest BCUT2D eigenvalue weighted by Gasteiger charge is -2.19. The summed E-state index contributed by atoms with van der Waals surface area (Å²) < 4.78 is 2.39. The van der Waals surface area contributed by atoms with Crippen LogP contribution < -0.4 is 5.32 Å². The van der Waals surface area contributed by atoms with Crippen LogP contribution in [0.5, 0.6) is 0 Å². The molecule has 0 amide bonds. The van der Waals surface area contributed by atoms with Crippen LogP contribution >= 0.6 is 27.3 Å². The van der Waals surface area contributed by atoms with Crippen LogP contribution in [0.2, 0.25) is 0 Å². The molecule has 1 heterocycles. The average molecular weight is 361 g/mol. The highest BCUT2D eigenvalue weighted by Crippen LogP contribution is 2.29. The number of halogens is 1. The van der Waals surface area contributed by atoms with Crippen LogP contribution in [0.3, 0.4) is 0 Å². The smallest absolute Gasteiger partial charge is 0.111 e. The van der Waals surface area contributed by atoms with Gasteiger partial charge in [-0.2, -0.15) is 0 Å². The number of rotatable bonds is 4. The molecule has 0 spiro atoms. The number of nitrogens with zero attached hydrogens (tertiary/aromatic N) is 1. The Labute approximate surface area is 137 Å². The highest BCUT2D eigenvalue weighted by Gasteiger charge is 2.16. The Morgan fingerprint density at radius 3 is 2.48 bits per heavy atom. The van der Waals surface area contributed by atoms with E-state index in [9.17, 15) is 0 Å². The molecule has 4 heteroatoms. The second kappa shape index (κ2) is 6.26. The number of nitrogens with one attached hydrogen (secondary N) is 1. The van der Waals surface area contributed by atoms with Crippen LogP contribution in [0, 0.1) is 0 Å². The Balaban J connectivity index is 1.79. The summed E-state index contributed by atoms with van der Waals surface area (Å²) in [6.07, 6.45) is 0. The average Bonchev–Trinajstić information content (AvgIpc) is 2.91. The lowest BCUT2D eigenvalue weighted by molar-refractivity contribution is 0.492. The summed E-state index contributed by atoms with van der Waals surface area (Å²) in [5.74, 6) is 0. The summed E-state index contributed by atoms with van der Waals surface area (Å²) >= 11 is 5.38. The van der Waals surface area contributed by atoms with Crippen LogP contribution in [-0.4, -0.2) is 4.98 Å². The fourth-order valence-electron chi connectivity index (χ4n) is 2.44. The Kier molecular flexibility index (Phi) is 4.38. The second-order valence-corrected chi connectivity index (χ2v) is 7.07. The van der Waals surface area contributed by atoms with E-state index < -0.39 is 0 Å². The predicted octanol–water partition coefficient (Wildman–Crippen LogP) is 5.47. The molecule has 0 saturated carbocycles. The molecule has 0 saturated heterocycles. The highest BCUT2D eigenvalue weighted by atomic mass is 79.9. The number of fused-ring (bicyclic) bond motifs is 1. The largest absolute Gasteiger partial charge is 0.301 e. The molecule has 3 aromatic rings. The number of hydrogen-bond donors (Lipinski definition) is 1. The van der Waals surface area contributed by atoms with Crippen molar-refractivity contribution in [3.05, 3.63) is 63.6 Å². The number of thiazole rings is 1. The van der Waals surface area contributed by atoms with E-state index in [2.05, 4.69) is 71.5 Å². The van der Waals surface area contributed by atoms with Gasteiger partial charge in [0.2, 0.25) is 0 Å². The van der Waals surface area contributed by atoms with Gasteiger partial charge < -0.3 is 5.32 Å². The molecule has 1 N–H and O–H groups in total. The first kappa shape index (κ1) is 14.7. The van der Waals surface area contributed by atoms with Crippen molar-refractivity contribution in [3.63, 3.8) is 0 Å². The first-order valence-electron chi connectivity index (χ1n) is 7.01. The van der Waals surface area contributed by atoms with E-state index in [-0.39, 0.29) is 12.1 Å². The normalized spacial score (nSPS) is 14.2. The summed E-state index contributed by atoms with van der Waals surface area (Å²) in [6, 6.07) is 17.1. The van der Waals surface area contributed by atoms with Crippen LogP contribution in [0.1, 0.15) is 36.5 Å². The third kappa shape index (κ3) is 3.18. The first-order chi connectivity index (χ1) is 10.1. The predicted molar refractivity (Wildman–Crippen MR) is 93.7 cm³/mol. The molecule has 0 radical (unpaired) electrons. The van der Waals surface area contributed by atoms with Gasteiger partial charge in [-0.15, -0.1) is 11.3 Å². The van der Waals surface area contributed by atoms with Crippen LogP contribution in [0.4, 0.5) is 0 Å². The zero-order valence-corrected chi connectivity index (χ0v) is 14.4. The lowest BCUT2D eigenvalue weighted by Crippen LogP contribution is -2.22. The van der Waals surface area contributed by atoms with Crippen molar-refractivity contribution >= 4 is 37.5 Å². The van der Waals surface area contributed by atoms with Crippen molar-refractivity contribution in [1.82, 2.24) is 10.3 Å². The van der Waals surface area contributed by atoms with Gasteiger partial charge in [0.1, 0.15) is 5.01 Å². The number of hydrogen-bond acceptors (Lipinski definition) is 3. The molecule has 2 aromatic carbocycles.